The number of amides is 1. The van der Waals surface area contributed by atoms with E-state index in [0.29, 0.717) is 0 Å². The Morgan fingerprint density at radius 1 is 1.36 bits per heavy atom. The molecule has 1 aromatic carbocycles. The molecule has 1 atom stereocenters. The van der Waals surface area contributed by atoms with Gasteiger partial charge >= 0.3 is 0 Å². The first-order valence-corrected chi connectivity index (χ1v) is 3.89. The van der Waals surface area contributed by atoms with Crippen molar-refractivity contribution in [1.82, 2.24) is 0 Å². The van der Waals surface area contributed by atoms with Gasteiger partial charge in [-0.3, -0.25) is 4.79 Å². The van der Waals surface area contributed by atoms with Crippen LogP contribution in [0.3, 0.4) is 0 Å². The average molecular weight is 167 g/mol. The summed E-state index contributed by atoms with van der Waals surface area (Å²) in [4.78, 5) is 10.6. The van der Waals surface area contributed by atoms with Gasteiger partial charge in [-0.15, -0.1) is 9.24 Å². The fourth-order valence-corrected chi connectivity index (χ4v) is 0.962. The Bertz CT molecular complexity index is 255. The number of hydrogen-bond acceptors (Lipinski definition) is 1. The zero-order chi connectivity index (χ0) is 8.27. The molecule has 0 radical (unpaired) electrons. The standard InChI is InChI=1S/C8H10NOP/c1-6(10)9-7-2-4-8(11)5-3-7/h2-5H,11H2,1H3,(H,9,10). The Balaban J connectivity index is 2.74. The third-order valence-electron chi connectivity index (χ3n) is 1.23. The van der Waals surface area contributed by atoms with Gasteiger partial charge in [0.05, 0.1) is 0 Å². The van der Waals surface area contributed by atoms with Crippen molar-refractivity contribution in [3.05, 3.63) is 24.3 Å². The smallest absolute Gasteiger partial charge is 0.221 e. The van der Waals surface area contributed by atoms with E-state index >= 15 is 0 Å². The van der Waals surface area contributed by atoms with Crippen LogP contribution in [0.15, 0.2) is 24.3 Å². The van der Waals surface area contributed by atoms with Crippen molar-refractivity contribution in [2.24, 2.45) is 0 Å². The normalized spacial score (nSPS) is 9.27. The minimum atomic E-state index is -0.0403. The van der Waals surface area contributed by atoms with Gasteiger partial charge in [-0.2, -0.15) is 0 Å². The second-order valence-electron chi connectivity index (χ2n) is 2.30. The van der Waals surface area contributed by atoms with Crippen LogP contribution in [0.4, 0.5) is 5.69 Å². The molecule has 0 spiro atoms. The monoisotopic (exact) mass is 167 g/mol. The summed E-state index contributed by atoms with van der Waals surface area (Å²) in [6.07, 6.45) is 0. The second-order valence-corrected chi connectivity index (χ2v) is 2.97. The summed E-state index contributed by atoms with van der Waals surface area (Å²) in [5, 5.41) is 3.79. The molecule has 2 nitrogen and oxygen atoms in total. The Hall–Kier alpha value is -0.880. The lowest BCUT2D eigenvalue weighted by atomic mass is 10.3. The molecule has 0 aliphatic carbocycles. The van der Waals surface area contributed by atoms with Gasteiger partial charge in [-0.05, 0) is 17.4 Å². The maximum Gasteiger partial charge on any atom is 0.221 e. The summed E-state index contributed by atoms with van der Waals surface area (Å²) in [6, 6.07) is 7.58. The van der Waals surface area contributed by atoms with Gasteiger partial charge in [0, 0.05) is 12.6 Å². The van der Waals surface area contributed by atoms with Crippen LogP contribution >= 0.6 is 9.24 Å². The van der Waals surface area contributed by atoms with Crippen LogP contribution < -0.4 is 10.6 Å². The van der Waals surface area contributed by atoms with Crippen LogP contribution in [0.1, 0.15) is 6.92 Å². The average Bonchev–Trinajstić information content (AvgIpc) is 1.93. The molecule has 0 bridgehead atoms. The molecule has 1 rings (SSSR count). The lowest BCUT2D eigenvalue weighted by Gasteiger charge is -2.00. The molecule has 1 unspecified atom stereocenters. The van der Waals surface area contributed by atoms with E-state index in [1.807, 2.05) is 24.3 Å². The van der Waals surface area contributed by atoms with Gasteiger partial charge in [-0.25, -0.2) is 0 Å². The quantitative estimate of drug-likeness (QED) is 0.624. The molecule has 0 aliphatic heterocycles. The molecule has 3 heteroatoms. The van der Waals surface area contributed by atoms with Crippen molar-refractivity contribution in [3.8, 4) is 0 Å². The number of rotatable bonds is 1. The minimum absolute atomic E-state index is 0.0403. The number of anilines is 1. The third kappa shape index (κ3) is 2.69. The SMILES string of the molecule is CC(=O)Nc1ccc(P)cc1. The molecule has 0 heterocycles. The summed E-state index contributed by atoms with van der Waals surface area (Å²) in [7, 11) is 2.58. The molecule has 0 fully saturated rings. The van der Waals surface area contributed by atoms with Crippen LogP contribution in [0.2, 0.25) is 0 Å². The topological polar surface area (TPSA) is 29.1 Å². The number of hydrogen-bond donors (Lipinski definition) is 1. The summed E-state index contributed by atoms with van der Waals surface area (Å²) >= 11 is 0. The number of carbonyl (C=O) groups excluding carboxylic acids is 1. The third-order valence-corrected chi connectivity index (χ3v) is 1.62. The number of benzene rings is 1. The van der Waals surface area contributed by atoms with Crippen molar-refractivity contribution in [2.75, 3.05) is 5.32 Å². The molecular formula is C8H10NOP. The maximum atomic E-state index is 10.6. The van der Waals surface area contributed by atoms with E-state index in [0.717, 1.165) is 11.0 Å². The highest BCUT2D eigenvalue weighted by atomic mass is 31.0. The maximum absolute atomic E-state index is 10.6. The second kappa shape index (κ2) is 3.49. The Morgan fingerprint density at radius 3 is 2.36 bits per heavy atom. The first kappa shape index (κ1) is 8.22. The lowest BCUT2D eigenvalue weighted by Crippen LogP contribution is -2.06. The van der Waals surface area contributed by atoms with Crippen molar-refractivity contribution in [2.45, 2.75) is 6.92 Å². The largest absolute Gasteiger partial charge is 0.326 e. The van der Waals surface area contributed by atoms with Gasteiger partial charge in [0.25, 0.3) is 0 Å². The van der Waals surface area contributed by atoms with E-state index in [4.69, 9.17) is 0 Å². The predicted octanol–water partition coefficient (Wildman–Crippen LogP) is 1.15. The summed E-state index contributed by atoms with van der Waals surface area (Å²) in [6.45, 7) is 1.49. The Kier molecular flexibility index (Phi) is 2.61. The molecule has 1 amide bonds. The summed E-state index contributed by atoms with van der Waals surface area (Å²) < 4.78 is 0. The zero-order valence-corrected chi connectivity index (χ0v) is 7.45. The highest BCUT2D eigenvalue weighted by Gasteiger charge is 1.92. The van der Waals surface area contributed by atoms with Crippen LogP contribution in [-0.2, 0) is 4.79 Å². The van der Waals surface area contributed by atoms with Crippen LogP contribution in [0.25, 0.3) is 0 Å². The molecule has 0 saturated heterocycles. The number of nitrogens with one attached hydrogen (secondary N) is 1. The summed E-state index contributed by atoms with van der Waals surface area (Å²) in [5.41, 5.74) is 0.837. The van der Waals surface area contributed by atoms with Crippen molar-refractivity contribution < 1.29 is 4.79 Å². The fourth-order valence-electron chi connectivity index (χ4n) is 0.770. The van der Waals surface area contributed by atoms with E-state index in [-0.39, 0.29) is 5.91 Å². The first-order valence-electron chi connectivity index (χ1n) is 3.31. The summed E-state index contributed by atoms with van der Waals surface area (Å²) in [5.74, 6) is -0.0403. The fraction of sp³-hybridized carbons (Fsp3) is 0.125. The van der Waals surface area contributed by atoms with Gasteiger partial charge in [0.2, 0.25) is 5.91 Å². The Labute approximate surface area is 68.2 Å². The predicted molar refractivity (Wildman–Crippen MR) is 50.1 cm³/mol. The van der Waals surface area contributed by atoms with Crippen molar-refractivity contribution in [1.29, 1.82) is 0 Å². The van der Waals surface area contributed by atoms with Crippen molar-refractivity contribution >= 4 is 26.1 Å². The van der Waals surface area contributed by atoms with Crippen LogP contribution in [0, 0.1) is 0 Å². The van der Waals surface area contributed by atoms with Gasteiger partial charge < -0.3 is 5.32 Å². The van der Waals surface area contributed by atoms with Gasteiger partial charge in [0.15, 0.2) is 0 Å². The van der Waals surface area contributed by atoms with E-state index < -0.39 is 0 Å². The van der Waals surface area contributed by atoms with Gasteiger partial charge in [0.1, 0.15) is 0 Å². The molecule has 0 saturated carbocycles. The zero-order valence-electron chi connectivity index (χ0n) is 6.29. The van der Waals surface area contributed by atoms with Gasteiger partial charge in [-0.1, -0.05) is 12.1 Å². The molecule has 1 N–H and O–H groups in total. The van der Waals surface area contributed by atoms with E-state index in [9.17, 15) is 4.79 Å². The van der Waals surface area contributed by atoms with Crippen LogP contribution in [-0.4, -0.2) is 5.91 Å². The molecular weight excluding hydrogens is 157 g/mol. The van der Waals surface area contributed by atoms with E-state index in [2.05, 4.69) is 14.6 Å². The molecule has 58 valence electrons. The molecule has 0 aromatic heterocycles. The van der Waals surface area contributed by atoms with Crippen molar-refractivity contribution in [3.63, 3.8) is 0 Å². The van der Waals surface area contributed by atoms with E-state index in [1.54, 1.807) is 0 Å². The van der Waals surface area contributed by atoms with E-state index in [1.165, 1.54) is 6.92 Å². The highest BCUT2D eigenvalue weighted by Crippen LogP contribution is 2.04. The number of carbonyl (C=O) groups is 1. The molecule has 11 heavy (non-hydrogen) atoms. The molecule has 0 aliphatic rings. The van der Waals surface area contributed by atoms with Crippen LogP contribution in [0.5, 0.6) is 0 Å². The molecule has 1 aromatic rings. The minimum Gasteiger partial charge on any atom is -0.326 e. The lowest BCUT2D eigenvalue weighted by molar-refractivity contribution is -0.114. The highest BCUT2D eigenvalue weighted by molar-refractivity contribution is 7.27. The first-order chi connectivity index (χ1) is 5.18. The Morgan fingerprint density at radius 2 is 1.91 bits per heavy atom.